The Morgan fingerprint density at radius 3 is 1.68 bits per heavy atom. The third-order valence-corrected chi connectivity index (χ3v) is 14.1. The molecule has 2 atom stereocenters. The van der Waals surface area contributed by atoms with Gasteiger partial charge in [0.25, 0.3) is 0 Å². The van der Waals surface area contributed by atoms with Gasteiger partial charge in [0, 0.05) is 43.4 Å². The first-order valence-corrected chi connectivity index (χ1v) is 27.4. The van der Waals surface area contributed by atoms with E-state index in [9.17, 15) is 18.0 Å². The number of rotatable bonds is 16. The number of para-hydroxylation sites is 1. The Balaban J connectivity index is 0.000000230. The smallest absolute Gasteiger partial charge is 0.410 e. The zero-order chi connectivity index (χ0) is 57.9. The standard InChI is InChI=1S/C30H36N4O6S.C24H25N3O3.C6H6N2O2.H3N/c1-30(2,3)40-29(35)33-16-15-22-17-27(39-19-21-11-7-5-8-12-21)26(38-4)18-24(22)25(33)20-41(36,37)28(31)34(32)23-13-9-6-10-14-23;1-28-22-13-20-19(12-23(22)30-16-17-6-4-3-5-7-17)10-11-25-21(20)9-8-18-14-26-24(29-2)27-15-18;1-10-6-7-2-5(4-9)3-8-6;/h5-14,17-18,25,31H,15-16,19-20,32H2,1-4H3;3-9,12-15,21,25H,10-11,16H2,1-2H3;2-4H,1H3;1H3/b;9-8+;;. The van der Waals surface area contributed by atoms with Crippen molar-refractivity contribution in [1.29, 1.82) is 5.41 Å². The number of aldehydes is 1. The molecule has 0 radical (unpaired) electrons. The van der Waals surface area contributed by atoms with E-state index in [2.05, 4.69) is 60.3 Å². The van der Waals surface area contributed by atoms with Crippen LogP contribution >= 0.6 is 0 Å². The van der Waals surface area contributed by atoms with Crippen molar-refractivity contribution in [3.63, 3.8) is 0 Å². The van der Waals surface area contributed by atoms with Gasteiger partial charge >= 0.3 is 18.1 Å². The number of ether oxygens (including phenoxy) is 7. The highest BCUT2D eigenvalue weighted by molar-refractivity contribution is 8.06. The Morgan fingerprint density at radius 1 is 0.707 bits per heavy atom. The maximum Gasteiger partial charge on any atom is 0.410 e. The summed E-state index contributed by atoms with van der Waals surface area (Å²) in [4.78, 5) is 40.5. The third-order valence-electron chi connectivity index (χ3n) is 12.6. The lowest BCUT2D eigenvalue weighted by atomic mass is 9.93. The fourth-order valence-electron chi connectivity index (χ4n) is 8.57. The first-order valence-electron chi connectivity index (χ1n) is 25.8. The van der Waals surface area contributed by atoms with Gasteiger partial charge < -0.3 is 44.6 Å². The summed E-state index contributed by atoms with van der Waals surface area (Å²) in [6.07, 6.45) is 11.8. The van der Waals surface area contributed by atoms with E-state index in [-0.39, 0.29) is 24.7 Å². The van der Waals surface area contributed by atoms with Crippen molar-refractivity contribution in [3.8, 4) is 35.0 Å². The Morgan fingerprint density at radius 2 is 1.20 bits per heavy atom. The predicted molar refractivity (Wildman–Crippen MR) is 313 cm³/mol. The van der Waals surface area contributed by atoms with Gasteiger partial charge in [-0.3, -0.25) is 20.1 Å². The molecule has 0 aliphatic carbocycles. The van der Waals surface area contributed by atoms with Crippen LogP contribution in [0.2, 0.25) is 0 Å². The number of hydrogen-bond donors (Lipinski definition) is 4. The number of benzene rings is 5. The molecule has 0 saturated carbocycles. The van der Waals surface area contributed by atoms with Crippen molar-refractivity contribution in [3.05, 3.63) is 191 Å². The Hall–Kier alpha value is -8.96. The molecular formula is C60H70N10O11S. The molecule has 2 unspecified atom stereocenters. The minimum absolute atomic E-state index is 0. The normalized spacial score (nSPS) is 14.3. The minimum atomic E-state index is -4.27. The van der Waals surface area contributed by atoms with Crippen LogP contribution in [-0.2, 0) is 40.6 Å². The van der Waals surface area contributed by atoms with E-state index in [1.54, 1.807) is 83.8 Å². The quantitative estimate of drug-likeness (QED) is 0.0230. The van der Waals surface area contributed by atoms with Gasteiger partial charge in [-0.15, -0.1) is 0 Å². The number of methoxy groups -OCH3 is 4. The monoisotopic (exact) mass is 1140 g/mol. The van der Waals surface area contributed by atoms with Crippen molar-refractivity contribution in [2.45, 2.75) is 64.5 Å². The van der Waals surface area contributed by atoms with Gasteiger partial charge in [0.2, 0.25) is 15.0 Å². The Labute approximate surface area is 478 Å². The number of nitrogens with two attached hydrogens (primary N) is 1. The molecule has 7 aromatic rings. The molecule has 0 bridgehead atoms. The molecule has 0 spiro atoms. The van der Waals surface area contributed by atoms with Crippen molar-refractivity contribution in [2.24, 2.45) is 5.84 Å². The molecule has 0 saturated heterocycles. The van der Waals surface area contributed by atoms with E-state index in [0.717, 1.165) is 51.7 Å². The number of nitrogens with zero attached hydrogens (tertiary/aromatic N) is 6. The molecule has 82 heavy (non-hydrogen) atoms. The number of aromatic nitrogens is 4. The molecule has 432 valence electrons. The lowest BCUT2D eigenvalue weighted by Gasteiger charge is -2.38. The second kappa shape index (κ2) is 29.5. The van der Waals surface area contributed by atoms with Gasteiger partial charge in [0.1, 0.15) is 18.8 Å². The van der Waals surface area contributed by atoms with Crippen LogP contribution in [0.4, 0.5) is 10.5 Å². The molecule has 0 fully saturated rings. The van der Waals surface area contributed by atoms with Crippen LogP contribution in [0.15, 0.2) is 146 Å². The van der Waals surface area contributed by atoms with Crippen molar-refractivity contribution >= 4 is 39.1 Å². The number of amidine groups is 1. The SMILES string of the molecule is COc1cc2c(cc1OCc1ccccc1)CCN(C(=O)OC(C)(C)C)C2CS(=O)(=O)C(=N)N(N)c1ccccc1.COc1ncc(/C=C/C2NCCc3cc(OCc4ccccc4)c(OC)cc32)cn1.COc1ncc(C=O)cn1.N. The second-order valence-electron chi connectivity index (χ2n) is 19.3. The molecule has 2 aliphatic heterocycles. The van der Waals surface area contributed by atoms with Crippen molar-refractivity contribution in [1.82, 2.24) is 36.3 Å². The van der Waals surface area contributed by atoms with Gasteiger partial charge in [-0.1, -0.05) is 91.0 Å². The fourth-order valence-corrected chi connectivity index (χ4v) is 9.91. The number of fused-ring (bicyclic) bond motifs is 2. The zero-order valence-electron chi connectivity index (χ0n) is 47.0. The fraction of sp³-hybridized carbons (Fsp3) is 0.283. The molecular weight excluding hydrogens is 1070 g/mol. The second-order valence-corrected chi connectivity index (χ2v) is 21.3. The summed E-state index contributed by atoms with van der Waals surface area (Å²) in [5, 5.41) is 12.0. The van der Waals surface area contributed by atoms with Crippen LogP contribution in [0.3, 0.4) is 0 Å². The number of hydrazine groups is 1. The van der Waals surface area contributed by atoms with Crippen LogP contribution in [0.25, 0.3) is 6.08 Å². The summed E-state index contributed by atoms with van der Waals surface area (Å²) >= 11 is 0. The van der Waals surface area contributed by atoms with Crippen LogP contribution in [0, 0.1) is 5.41 Å². The number of amides is 1. The average Bonchev–Trinajstić information content (AvgIpc) is 3.69. The van der Waals surface area contributed by atoms with Crippen LogP contribution < -0.4 is 50.7 Å². The predicted octanol–water partition coefficient (Wildman–Crippen LogP) is 9.27. The van der Waals surface area contributed by atoms with Gasteiger partial charge in [-0.2, -0.15) is 0 Å². The number of sulfone groups is 1. The maximum atomic E-state index is 13.6. The highest BCUT2D eigenvalue weighted by Gasteiger charge is 2.39. The summed E-state index contributed by atoms with van der Waals surface area (Å²) < 4.78 is 65.9. The lowest BCUT2D eigenvalue weighted by molar-refractivity contribution is 0.0162. The molecule has 9 rings (SSSR count). The van der Waals surface area contributed by atoms with Crippen molar-refractivity contribution < 1.29 is 51.2 Å². The summed E-state index contributed by atoms with van der Waals surface area (Å²) in [5.41, 5.74) is 6.86. The largest absolute Gasteiger partial charge is 0.493 e. The van der Waals surface area contributed by atoms with E-state index in [1.165, 1.54) is 42.6 Å². The van der Waals surface area contributed by atoms with Gasteiger partial charge in [-0.05, 0) is 103 Å². The van der Waals surface area contributed by atoms with E-state index < -0.39 is 38.5 Å². The van der Waals surface area contributed by atoms with Gasteiger partial charge in [-0.25, -0.2) is 39.0 Å². The molecule has 4 heterocycles. The lowest BCUT2D eigenvalue weighted by Crippen LogP contribution is -2.48. The van der Waals surface area contributed by atoms with Gasteiger partial charge in [0.05, 0.1) is 57.5 Å². The summed E-state index contributed by atoms with van der Waals surface area (Å²) in [6.45, 7) is 7.17. The summed E-state index contributed by atoms with van der Waals surface area (Å²) in [7, 11) is 1.92. The topological polar surface area (TPSA) is 288 Å². The first kappa shape index (κ1) is 62.2. The number of carbonyl (C=O) groups excluding carboxylic acids is 2. The summed E-state index contributed by atoms with van der Waals surface area (Å²) in [5.74, 6) is 7.87. The molecule has 22 heteroatoms. The number of hydrogen-bond acceptors (Lipinski definition) is 19. The molecule has 2 aliphatic rings. The maximum absolute atomic E-state index is 13.6. The molecule has 5 aromatic carbocycles. The zero-order valence-corrected chi connectivity index (χ0v) is 47.8. The van der Waals surface area contributed by atoms with Gasteiger partial charge in [0.15, 0.2) is 29.3 Å². The Kier molecular flexibility index (Phi) is 22.4. The molecule has 21 nitrogen and oxygen atoms in total. The number of nitrogens with one attached hydrogen (secondary N) is 2. The molecule has 7 N–H and O–H groups in total. The number of carbonyl (C=O) groups is 2. The van der Waals surface area contributed by atoms with Crippen LogP contribution in [0.5, 0.6) is 35.0 Å². The highest BCUT2D eigenvalue weighted by Crippen LogP contribution is 2.41. The van der Waals surface area contributed by atoms with E-state index in [4.69, 9.17) is 39.7 Å². The average molecular weight is 1140 g/mol. The van der Waals surface area contributed by atoms with Crippen LogP contribution in [0.1, 0.15) is 82.2 Å². The van der Waals surface area contributed by atoms with Crippen LogP contribution in [-0.4, -0.2) is 104 Å². The molecule has 1 amide bonds. The summed E-state index contributed by atoms with van der Waals surface area (Å²) in [6, 6.07) is 35.6. The minimum Gasteiger partial charge on any atom is -0.493 e. The van der Waals surface area contributed by atoms with E-state index in [1.807, 2.05) is 60.7 Å². The van der Waals surface area contributed by atoms with Crippen molar-refractivity contribution in [2.75, 3.05) is 52.3 Å². The highest BCUT2D eigenvalue weighted by atomic mass is 32.2. The van der Waals surface area contributed by atoms with E-state index in [0.29, 0.717) is 60.2 Å². The van der Waals surface area contributed by atoms with E-state index >= 15 is 0 Å². The molecule has 2 aromatic heterocycles. The third kappa shape index (κ3) is 17.0. The first-order chi connectivity index (χ1) is 39.0. The number of anilines is 1. The Bertz CT molecular complexity index is 3340.